The summed E-state index contributed by atoms with van der Waals surface area (Å²) < 4.78 is 0. The smallest absolute Gasteiger partial charge is 0.336 e. The molecule has 14 heavy (non-hydrogen) atoms. The molecule has 1 N–H and O–H groups in total. The second kappa shape index (κ2) is 3.58. The first-order chi connectivity index (χ1) is 6.68. The van der Waals surface area contributed by atoms with Gasteiger partial charge in [0, 0.05) is 9.75 Å². The van der Waals surface area contributed by atoms with Gasteiger partial charge in [0.2, 0.25) is 0 Å². The van der Waals surface area contributed by atoms with Crippen LogP contribution < -0.4 is 0 Å². The van der Waals surface area contributed by atoms with Gasteiger partial charge in [-0.05, 0) is 37.3 Å². The Morgan fingerprint density at radius 2 is 2.14 bits per heavy atom. The zero-order valence-electron chi connectivity index (χ0n) is 7.88. The monoisotopic (exact) mass is 208 g/mol. The number of rotatable bonds is 2. The standard InChI is InChI=1S/C11H12O2S/c1-7(11(12)13)10-6-8-4-2-3-5-9(8)14-10/h6H,1-5H2,(H,12,13). The molecule has 1 aliphatic carbocycles. The van der Waals surface area contributed by atoms with Crippen LogP contribution in [-0.4, -0.2) is 11.1 Å². The molecule has 1 aromatic heterocycles. The summed E-state index contributed by atoms with van der Waals surface area (Å²) in [6, 6.07) is 2.00. The van der Waals surface area contributed by atoms with E-state index in [9.17, 15) is 4.79 Å². The van der Waals surface area contributed by atoms with Crippen molar-refractivity contribution < 1.29 is 9.90 Å². The van der Waals surface area contributed by atoms with Crippen molar-refractivity contribution in [1.82, 2.24) is 0 Å². The summed E-state index contributed by atoms with van der Waals surface area (Å²) >= 11 is 1.59. The summed E-state index contributed by atoms with van der Waals surface area (Å²) in [7, 11) is 0. The lowest BCUT2D eigenvalue weighted by atomic mass is 9.99. The Bertz CT molecular complexity index is 366. The lowest BCUT2D eigenvalue weighted by molar-refractivity contribution is -0.130. The largest absolute Gasteiger partial charge is 0.478 e. The Kier molecular flexibility index (Phi) is 2.42. The quantitative estimate of drug-likeness (QED) is 0.759. The van der Waals surface area contributed by atoms with Crippen LogP contribution in [0.15, 0.2) is 12.6 Å². The molecule has 1 aromatic rings. The van der Waals surface area contributed by atoms with Crippen LogP contribution >= 0.6 is 11.3 Å². The number of carboxylic acids is 1. The highest BCUT2D eigenvalue weighted by molar-refractivity contribution is 7.13. The molecule has 0 fully saturated rings. The van der Waals surface area contributed by atoms with Crippen LogP contribution in [0.1, 0.15) is 28.2 Å². The van der Waals surface area contributed by atoms with Crippen LogP contribution in [-0.2, 0) is 17.6 Å². The fourth-order valence-electron chi connectivity index (χ4n) is 1.74. The van der Waals surface area contributed by atoms with Crippen LogP contribution in [0.5, 0.6) is 0 Å². The maximum Gasteiger partial charge on any atom is 0.336 e. The van der Waals surface area contributed by atoms with Crippen molar-refractivity contribution in [3.05, 3.63) is 28.0 Å². The SMILES string of the molecule is C=C(C(=O)O)c1cc2c(s1)CCCC2. The maximum absolute atomic E-state index is 10.7. The van der Waals surface area contributed by atoms with E-state index in [-0.39, 0.29) is 5.57 Å². The summed E-state index contributed by atoms with van der Waals surface area (Å²) in [5.74, 6) is -0.913. The van der Waals surface area contributed by atoms with Crippen molar-refractivity contribution in [2.45, 2.75) is 25.7 Å². The molecular weight excluding hydrogens is 196 g/mol. The summed E-state index contributed by atoms with van der Waals surface area (Å²) in [5.41, 5.74) is 1.56. The molecule has 1 aliphatic rings. The van der Waals surface area contributed by atoms with E-state index in [1.54, 1.807) is 11.3 Å². The number of fused-ring (bicyclic) bond motifs is 1. The number of aliphatic carboxylic acids is 1. The van der Waals surface area contributed by atoms with Crippen molar-refractivity contribution in [3.63, 3.8) is 0 Å². The third kappa shape index (κ3) is 1.60. The lowest BCUT2D eigenvalue weighted by Crippen LogP contribution is -1.97. The number of hydrogen-bond acceptors (Lipinski definition) is 2. The first kappa shape index (κ1) is 9.46. The van der Waals surface area contributed by atoms with Crippen LogP contribution in [0.4, 0.5) is 0 Å². The molecule has 0 saturated carbocycles. The molecule has 74 valence electrons. The van der Waals surface area contributed by atoms with Crippen molar-refractivity contribution in [2.75, 3.05) is 0 Å². The molecule has 0 unspecified atom stereocenters. The third-order valence-corrected chi connectivity index (χ3v) is 3.85. The zero-order valence-corrected chi connectivity index (χ0v) is 8.69. The van der Waals surface area contributed by atoms with Crippen LogP contribution in [0.2, 0.25) is 0 Å². The topological polar surface area (TPSA) is 37.3 Å². The predicted molar refractivity (Wildman–Crippen MR) is 57.6 cm³/mol. The molecule has 0 saturated heterocycles. The lowest BCUT2D eigenvalue weighted by Gasteiger charge is -2.08. The molecule has 0 spiro atoms. The number of carboxylic acid groups (broad SMARTS) is 1. The average Bonchev–Trinajstić information content (AvgIpc) is 2.59. The van der Waals surface area contributed by atoms with E-state index in [0.717, 1.165) is 17.7 Å². The summed E-state index contributed by atoms with van der Waals surface area (Å²) in [6.45, 7) is 3.58. The van der Waals surface area contributed by atoms with Gasteiger partial charge in [0.15, 0.2) is 0 Å². The number of thiophene rings is 1. The Morgan fingerprint density at radius 3 is 2.79 bits per heavy atom. The molecule has 1 heterocycles. The predicted octanol–water partition coefficient (Wildman–Crippen LogP) is 2.72. The van der Waals surface area contributed by atoms with Crippen LogP contribution in [0.3, 0.4) is 0 Å². The van der Waals surface area contributed by atoms with Crippen molar-refractivity contribution in [1.29, 1.82) is 0 Å². The molecule has 0 radical (unpaired) electrons. The second-order valence-corrected chi connectivity index (χ2v) is 4.69. The van der Waals surface area contributed by atoms with E-state index >= 15 is 0 Å². The van der Waals surface area contributed by atoms with Gasteiger partial charge in [0.05, 0.1) is 5.57 Å². The molecule has 0 amide bonds. The molecule has 0 aromatic carbocycles. The third-order valence-electron chi connectivity index (χ3n) is 2.55. The average molecular weight is 208 g/mol. The fourth-order valence-corrected chi connectivity index (χ4v) is 2.96. The van der Waals surface area contributed by atoms with Gasteiger partial charge in [0.25, 0.3) is 0 Å². The van der Waals surface area contributed by atoms with E-state index in [1.165, 1.54) is 23.3 Å². The van der Waals surface area contributed by atoms with Crippen LogP contribution in [0.25, 0.3) is 5.57 Å². The Morgan fingerprint density at radius 1 is 1.43 bits per heavy atom. The van der Waals surface area contributed by atoms with Gasteiger partial charge >= 0.3 is 5.97 Å². The Balaban J connectivity index is 2.32. The minimum Gasteiger partial charge on any atom is -0.478 e. The first-order valence-corrected chi connectivity index (χ1v) is 5.54. The van der Waals surface area contributed by atoms with Crippen molar-refractivity contribution in [3.8, 4) is 0 Å². The Labute approximate surface area is 86.9 Å². The van der Waals surface area contributed by atoms with Crippen molar-refractivity contribution in [2.24, 2.45) is 0 Å². The molecule has 0 bridgehead atoms. The summed E-state index contributed by atoms with van der Waals surface area (Å²) in [4.78, 5) is 12.9. The highest BCUT2D eigenvalue weighted by Crippen LogP contribution is 2.32. The molecule has 0 aliphatic heterocycles. The Hall–Kier alpha value is -1.09. The number of carbonyl (C=O) groups is 1. The van der Waals surface area contributed by atoms with E-state index in [0.29, 0.717) is 0 Å². The molecular formula is C11H12O2S. The fraction of sp³-hybridized carbons (Fsp3) is 0.364. The highest BCUT2D eigenvalue weighted by atomic mass is 32.1. The van der Waals surface area contributed by atoms with Gasteiger partial charge in [-0.2, -0.15) is 0 Å². The number of hydrogen-bond donors (Lipinski definition) is 1. The summed E-state index contributed by atoms with van der Waals surface area (Å²) in [6.07, 6.45) is 4.65. The van der Waals surface area contributed by atoms with E-state index in [1.807, 2.05) is 6.07 Å². The highest BCUT2D eigenvalue weighted by Gasteiger charge is 2.16. The van der Waals surface area contributed by atoms with Gasteiger partial charge in [-0.15, -0.1) is 11.3 Å². The minimum atomic E-state index is -0.913. The van der Waals surface area contributed by atoms with E-state index < -0.39 is 5.97 Å². The summed E-state index contributed by atoms with van der Waals surface area (Å²) in [5, 5.41) is 8.80. The van der Waals surface area contributed by atoms with Crippen LogP contribution in [0, 0.1) is 0 Å². The van der Waals surface area contributed by atoms with Gasteiger partial charge in [0.1, 0.15) is 0 Å². The normalized spacial score (nSPS) is 14.9. The van der Waals surface area contributed by atoms with E-state index in [2.05, 4.69) is 6.58 Å². The zero-order chi connectivity index (χ0) is 10.1. The van der Waals surface area contributed by atoms with Gasteiger partial charge in [-0.25, -0.2) is 4.79 Å². The van der Waals surface area contributed by atoms with Crippen molar-refractivity contribution >= 4 is 22.9 Å². The van der Waals surface area contributed by atoms with Gasteiger partial charge in [-0.3, -0.25) is 0 Å². The first-order valence-electron chi connectivity index (χ1n) is 4.72. The van der Waals surface area contributed by atoms with Gasteiger partial charge < -0.3 is 5.11 Å². The minimum absolute atomic E-state index is 0.226. The maximum atomic E-state index is 10.7. The van der Waals surface area contributed by atoms with E-state index in [4.69, 9.17) is 5.11 Å². The molecule has 2 nitrogen and oxygen atoms in total. The second-order valence-electron chi connectivity index (χ2n) is 3.55. The molecule has 0 atom stereocenters. The molecule has 2 rings (SSSR count). The molecule has 3 heteroatoms. The number of aryl methyl sites for hydroxylation is 2. The van der Waals surface area contributed by atoms with Gasteiger partial charge in [-0.1, -0.05) is 6.58 Å².